The van der Waals surface area contributed by atoms with Crippen LogP contribution in [0.3, 0.4) is 0 Å². The average Bonchev–Trinajstić information content (AvgIpc) is 3.09. The van der Waals surface area contributed by atoms with Crippen molar-refractivity contribution in [1.29, 1.82) is 0 Å². The molecule has 2 fully saturated rings. The van der Waals surface area contributed by atoms with Crippen molar-refractivity contribution in [3.63, 3.8) is 0 Å². The Kier molecular flexibility index (Phi) is 4.11. The number of likely N-dealkylation sites (tertiary alicyclic amines) is 1. The van der Waals surface area contributed by atoms with Crippen molar-refractivity contribution in [3.05, 3.63) is 48.1 Å². The predicted octanol–water partition coefficient (Wildman–Crippen LogP) is 2.98. The van der Waals surface area contributed by atoms with Crippen LogP contribution < -0.4 is 4.90 Å². The molecule has 1 aromatic rings. The molecule has 0 aromatic heterocycles. The van der Waals surface area contributed by atoms with Gasteiger partial charge in [0.05, 0.1) is 17.9 Å². The van der Waals surface area contributed by atoms with E-state index in [0.29, 0.717) is 0 Å². The second-order valence-electron chi connectivity index (χ2n) is 9.01. The fourth-order valence-corrected chi connectivity index (χ4v) is 4.81. The Morgan fingerprint density at radius 2 is 1.86 bits per heavy atom. The van der Waals surface area contributed by atoms with Gasteiger partial charge in [-0.15, -0.1) is 6.58 Å². The van der Waals surface area contributed by atoms with E-state index in [0.717, 1.165) is 16.8 Å². The SMILES string of the molecule is C=CCN1C(=O)[C@@H]2[C@H](C1=O)[C@H]1C=Cc3cc(C)ccc3N1[C@@H]2C(=O)C(C)(C)C. The highest BCUT2D eigenvalue weighted by atomic mass is 16.2. The van der Waals surface area contributed by atoms with E-state index in [1.165, 1.54) is 4.90 Å². The van der Waals surface area contributed by atoms with E-state index >= 15 is 0 Å². The largest absolute Gasteiger partial charge is 0.353 e. The van der Waals surface area contributed by atoms with E-state index < -0.39 is 23.3 Å². The van der Waals surface area contributed by atoms with E-state index in [2.05, 4.69) is 12.6 Å². The van der Waals surface area contributed by atoms with Crippen molar-refractivity contribution in [2.24, 2.45) is 17.3 Å². The molecule has 0 spiro atoms. The van der Waals surface area contributed by atoms with Gasteiger partial charge in [-0.3, -0.25) is 19.3 Å². The topological polar surface area (TPSA) is 57.7 Å². The number of aryl methyl sites for hydroxylation is 1. The Morgan fingerprint density at radius 1 is 1.18 bits per heavy atom. The van der Waals surface area contributed by atoms with Crippen molar-refractivity contribution in [2.45, 2.75) is 39.8 Å². The molecule has 5 heteroatoms. The molecule has 0 radical (unpaired) electrons. The standard InChI is InChI=1S/C23H26N2O3/c1-6-11-24-21(27)17-16-10-8-14-12-13(2)7-9-15(14)25(16)19(18(17)22(24)28)20(26)23(3,4)5/h6-10,12,16-19H,1,11H2,2-5H3/t16-,17-,18-,19+/m1/s1. The number of rotatable bonds is 3. The number of hydrogen-bond acceptors (Lipinski definition) is 4. The van der Waals surface area contributed by atoms with Gasteiger partial charge in [-0.1, -0.05) is 50.6 Å². The Labute approximate surface area is 165 Å². The monoisotopic (exact) mass is 378 g/mol. The third kappa shape index (κ3) is 2.49. The molecule has 0 aliphatic carbocycles. The molecule has 4 rings (SSSR count). The quantitative estimate of drug-likeness (QED) is 0.599. The minimum absolute atomic E-state index is 0.00609. The summed E-state index contributed by atoms with van der Waals surface area (Å²) < 4.78 is 0. The molecule has 3 heterocycles. The molecule has 2 amide bonds. The number of amides is 2. The summed E-state index contributed by atoms with van der Waals surface area (Å²) in [6.07, 6.45) is 5.56. The maximum Gasteiger partial charge on any atom is 0.236 e. The number of ketones is 1. The molecule has 3 aliphatic rings. The summed E-state index contributed by atoms with van der Waals surface area (Å²) >= 11 is 0. The average molecular weight is 378 g/mol. The van der Waals surface area contributed by atoms with Crippen LogP contribution in [0.1, 0.15) is 31.9 Å². The molecular formula is C23H26N2O3. The molecule has 0 saturated carbocycles. The Balaban J connectivity index is 1.88. The summed E-state index contributed by atoms with van der Waals surface area (Å²) in [5, 5.41) is 0. The molecule has 0 N–H and O–H groups in total. The first-order chi connectivity index (χ1) is 13.2. The zero-order valence-electron chi connectivity index (χ0n) is 16.8. The number of carbonyl (C=O) groups is 3. The van der Waals surface area contributed by atoms with Crippen LogP contribution in [0, 0.1) is 24.2 Å². The van der Waals surface area contributed by atoms with Crippen molar-refractivity contribution in [1.82, 2.24) is 4.90 Å². The summed E-state index contributed by atoms with van der Waals surface area (Å²) in [4.78, 5) is 43.1. The van der Waals surface area contributed by atoms with Gasteiger partial charge in [-0.2, -0.15) is 0 Å². The Bertz CT molecular complexity index is 924. The Hall–Kier alpha value is -2.69. The number of anilines is 1. The molecule has 5 nitrogen and oxygen atoms in total. The molecule has 1 aromatic carbocycles. The maximum atomic E-state index is 13.5. The second-order valence-corrected chi connectivity index (χ2v) is 9.01. The van der Waals surface area contributed by atoms with Crippen LogP contribution >= 0.6 is 0 Å². The third-order valence-electron chi connectivity index (χ3n) is 6.07. The lowest BCUT2D eigenvalue weighted by atomic mass is 9.79. The highest BCUT2D eigenvalue weighted by molar-refractivity contribution is 6.11. The Morgan fingerprint density at radius 3 is 2.50 bits per heavy atom. The number of hydrogen-bond donors (Lipinski definition) is 0. The van der Waals surface area contributed by atoms with Crippen molar-refractivity contribution >= 4 is 29.4 Å². The van der Waals surface area contributed by atoms with Crippen LogP contribution in [0.25, 0.3) is 6.08 Å². The van der Waals surface area contributed by atoms with Crippen molar-refractivity contribution < 1.29 is 14.4 Å². The van der Waals surface area contributed by atoms with Gasteiger partial charge < -0.3 is 4.90 Å². The number of benzene rings is 1. The summed E-state index contributed by atoms with van der Waals surface area (Å²) in [6, 6.07) is 5.15. The zero-order chi connectivity index (χ0) is 20.4. The molecule has 28 heavy (non-hydrogen) atoms. The highest BCUT2D eigenvalue weighted by Crippen LogP contribution is 2.49. The minimum atomic E-state index is -0.652. The summed E-state index contributed by atoms with van der Waals surface area (Å²) in [6.45, 7) is 11.5. The highest BCUT2D eigenvalue weighted by Gasteiger charge is 2.64. The first kappa shape index (κ1) is 18.7. The van der Waals surface area contributed by atoms with Crippen LogP contribution in [-0.4, -0.2) is 41.1 Å². The van der Waals surface area contributed by atoms with Gasteiger partial charge in [0.15, 0.2) is 5.78 Å². The van der Waals surface area contributed by atoms with Gasteiger partial charge in [0.2, 0.25) is 11.8 Å². The number of nitrogens with zero attached hydrogens (tertiary/aromatic N) is 2. The number of carbonyl (C=O) groups excluding carboxylic acids is 3. The fourth-order valence-electron chi connectivity index (χ4n) is 4.81. The lowest BCUT2D eigenvalue weighted by molar-refractivity contribution is -0.141. The van der Waals surface area contributed by atoms with Crippen molar-refractivity contribution in [2.75, 3.05) is 11.4 Å². The zero-order valence-corrected chi connectivity index (χ0v) is 16.8. The van der Waals surface area contributed by atoms with Crippen LogP contribution in [0.4, 0.5) is 5.69 Å². The summed E-state index contributed by atoms with van der Waals surface area (Å²) in [5.74, 6) is -1.65. The smallest absolute Gasteiger partial charge is 0.236 e. The van der Waals surface area contributed by atoms with Crippen LogP contribution in [-0.2, 0) is 14.4 Å². The van der Waals surface area contributed by atoms with E-state index in [9.17, 15) is 14.4 Å². The van der Waals surface area contributed by atoms with E-state index in [1.54, 1.807) is 6.08 Å². The minimum Gasteiger partial charge on any atom is -0.353 e. The van der Waals surface area contributed by atoms with Gasteiger partial charge in [0.25, 0.3) is 0 Å². The van der Waals surface area contributed by atoms with Crippen LogP contribution in [0.5, 0.6) is 0 Å². The predicted molar refractivity (Wildman–Crippen MR) is 109 cm³/mol. The lowest BCUT2D eigenvalue weighted by Crippen LogP contribution is -2.51. The van der Waals surface area contributed by atoms with Gasteiger partial charge >= 0.3 is 0 Å². The van der Waals surface area contributed by atoms with Gasteiger partial charge in [-0.25, -0.2) is 0 Å². The van der Waals surface area contributed by atoms with Gasteiger partial charge in [-0.05, 0) is 24.6 Å². The number of imide groups is 1. The summed E-state index contributed by atoms with van der Waals surface area (Å²) in [5.41, 5.74) is 2.45. The van der Waals surface area contributed by atoms with E-state index in [4.69, 9.17) is 0 Å². The van der Waals surface area contributed by atoms with E-state index in [-0.39, 0.29) is 30.2 Å². The van der Waals surface area contributed by atoms with E-state index in [1.807, 2.05) is 56.9 Å². The maximum absolute atomic E-state index is 13.5. The van der Waals surface area contributed by atoms with Crippen molar-refractivity contribution in [3.8, 4) is 0 Å². The number of Topliss-reactive ketones (excluding diaryl/α,β-unsaturated/α-hetero) is 1. The van der Waals surface area contributed by atoms with Crippen LogP contribution in [0.15, 0.2) is 36.9 Å². The molecule has 2 saturated heterocycles. The molecule has 0 bridgehead atoms. The first-order valence-electron chi connectivity index (χ1n) is 9.74. The lowest BCUT2D eigenvalue weighted by Gasteiger charge is -2.38. The van der Waals surface area contributed by atoms with Crippen LogP contribution in [0.2, 0.25) is 0 Å². The van der Waals surface area contributed by atoms with Gasteiger partial charge in [0, 0.05) is 17.6 Å². The molecule has 0 unspecified atom stereocenters. The molecular weight excluding hydrogens is 352 g/mol. The molecule has 3 aliphatic heterocycles. The third-order valence-corrected chi connectivity index (χ3v) is 6.07. The normalized spacial score (nSPS) is 28.3. The first-order valence-corrected chi connectivity index (χ1v) is 9.74. The molecule has 146 valence electrons. The second kappa shape index (κ2) is 6.16. The summed E-state index contributed by atoms with van der Waals surface area (Å²) in [7, 11) is 0. The fraction of sp³-hybridized carbons (Fsp3) is 0.435. The van der Waals surface area contributed by atoms with Gasteiger partial charge in [0.1, 0.15) is 6.04 Å². The molecule has 4 atom stereocenters. The number of fused-ring (bicyclic) bond motifs is 5.